The lowest BCUT2D eigenvalue weighted by molar-refractivity contribution is 0.0940. The highest BCUT2D eigenvalue weighted by Crippen LogP contribution is 2.36. The number of anilines is 1. The first kappa shape index (κ1) is 22.0. The van der Waals surface area contributed by atoms with Crippen LogP contribution in [0.1, 0.15) is 49.8 Å². The Labute approximate surface area is 169 Å². The first-order valence-corrected chi connectivity index (χ1v) is 12.6. The summed E-state index contributed by atoms with van der Waals surface area (Å²) < 4.78 is 6.08. The molecule has 0 aliphatic carbocycles. The molecule has 0 saturated carbocycles. The molecule has 0 spiro atoms. The van der Waals surface area contributed by atoms with Crippen LogP contribution in [0.5, 0.6) is 0 Å². The first-order valence-electron chi connectivity index (χ1n) is 9.67. The molecule has 0 saturated heterocycles. The zero-order valence-corrected chi connectivity index (χ0v) is 18.7. The van der Waals surface area contributed by atoms with Crippen molar-refractivity contribution in [2.75, 3.05) is 18.5 Å². The lowest BCUT2D eigenvalue weighted by atomic mass is 10.1. The van der Waals surface area contributed by atoms with Gasteiger partial charge in [0.15, 0.2) is 8.32 Å². The van der Waals surface area contributed by atoms with Crippen LogP contribution in [0, 0.1) is 0 Å². The molecule has 0 unspecified atom stereocenters. The Morgan fingerprint density at radius 3 is 2.50 bits per heavy atom. The van der Waals surface area contributed by atoms with Gasteiger partial charge in [0.2, 0.25) is 5.95 Å². The van der Waals surface area contributed by atoms with Crippen LogP contribution in [-0.4, -0.2) is 37.3 Å². The maximum atomic E-state index is 12.4. The van der Waals surface area contributed by atoms with E-state index in [2.05, 4.69) is 54.5 Å². The summed E-state index contributed by atoms with van der Waals surface area (Å²) in [7, 11) is -1.80. The van der Waals surface area contributed by atoms with Crippen molar-refractivity contribution in [3.63, 3.8) is 0 Å². The van der Waals surface area contributed by atoms with Crippen LogP contribution in [0.4, 0.5) is 5.95 Å². The largest absolute Gasteiger partial charge is 0.415 e. The van der Waals surface area contributed by atoms with Gasteiger partial charge in [0.25, 0.3) is 5.91 Å². The number of rotatable bonds is 8. The number of carbonyl (C=O) groups is 1. The number of nitrogens with one attached hydrogen (secondary N) is 2. The molecule has 0 aliphatic rings. The van der Waals surface area contributed by atoms with E-state index in [9.17, 15) is 4.79 Å². The molecule has 2 aromatic rings. The third-order valence-electron chi connectivity index (χ3n) is 5.19. The van der Waals surface area contributed by atoms with Gasteiger partial charge in [0.1, 0.15) is 5.69 Å². The normalized spacial score (nSPS) is 13.1. The van der Waals surface area contributed by atoms with E-state index < -0.39 is 8.32 Å². The van der Waals surface area contributed by atoms with Crippen LogP contribution < -0.4 is 10.6 Å². The fraction of sp³-hybridized carbons (Fsp3) is 0.476. The molecule has 0 aliphatic heterocycles. The summed E-state index contributed by atoms with van der Waals surface area (Å²) in [6, 6.07) is 11.7. The minimum atomic E-state index is -1.80. The Morgan fingerprint density at radius 2 is 1.86 bits per heavy atom. The molecule has 2 N–H and O–H groups in total. The predicted octanol–water partition coefficient (Wildman–Crippen LogP) is 4.40. The van der Waals surface area contributed by atoms with Gasteiger partial charge in [-0.2, -0.15) is 0 Å². The van der Waals surface area contributed by atoms with Crippen molar-refractivity contribution in [2.24, 2.45) is 0 Å². The van der Waals surface area contributed by atoms with Crippen molar-refractivity contribution < 1.29 is 9.22 Å². The summed E-state index contributed by atoms with van der Waals surface area (Å²) in [6.45, 7) is 14.0. The lowest BCUT2D eigenvalue weighted by Gasteiger charge is -2.36. The van der Waals surface area contributed by atoms with Gasteiger partial charge in [-0.25, -0.2) is 9.97 Å². The molecule has 6 nitrogen and oxygen atoms in total. The van der Waals surface area contributed by atoms with Crippen molar-refractivity contribution in [2.45, 2.75) is 51.9 Å². The van der Waals surface area contributed by atoms with Gasteiger partial charge in [0.05, 0.1) is 12.6 Å². The summed E-state index contributed by atoms with van der Waals surface area (Å²) in [5, 5.41) is 6.26. The molecule has 152 valence electrons. The molecule has 0 radical (unpaired) electrons. The van der Waals surface area contributed by atoms with Crippen LogP contribution in [0.15, 0.2) is 42.6 Å². The van der Waals surface area contributed by atoms with Gasteiger partial charge in [-0.1, -0.05) is 51.1 Å². The molecule has 2 rings (SSSR count). The number of hydrogen-bond donors (Lipinski definition) is 2. The fourth-order valence-electron chi connectivity index (χ4n) is 2.35. The Bertz CT molecular complexity index is 775. The van der Waals surface area contributed by atoms with Crippen LogP contribution in [0.2, 0.25) is 18.1 Å². The zero-order chi connectivity index (χ0) is 20.8. The zero-order valence-electron chi connectivity index (χ0n) is 17.7. The van der Waals surface area contributed by atoms with Crippen molar-refractivity contribution in [3.05, 3.63) is 53.9 Å². The quantitative estimate of drug-likeness (QED) is 0.507. The maximum absolute atomic E-state index is 12.4. The van der Waals surface area contributed by atoms with Gasteiger partial charge in [0, 0.05) is 12.7 Å². The molecule has 1 heterocycles. The Kier molecular flexibility index (Phi) is 7.32. The van der Waals surface area contributed by atoms with Gasteiger partial charge < -0.3 is 15.1 Å². The smallest absolute Gasteiger partial charge is 0.270 e. The van der Waals surface area contributed by atoms with Crippen LogP contribution >= 0.6 is 0 Å². The number of amides is 1. The molecule has 28 heavy (non-hydrogen) atoms. The Morgan fingerprint density at radius 1 is 1.18 bits per heavy atom. The Balaban J connectivity index is 1.88. The molecule has 1 atom stereocenters. The first-order chi connectivity index (χ1) is 13.1. The molecular formula is C21H32N4O2Si. The van der Waals surface area contributed by atoms with Crippen LogP contribution in [0.25, 0.3) is 0 Å². The van der Waals surface area contributed by atoms with E-state index in [1.807, 2.05) is 37.3 Å². The number of carbonyl (C=O) groups excluding carboxylic acids is 1. The third-order valence-corrected chi connectivity index (χ3v) is 9.73. The molecular weight excluding hydrogens is 368 g/mol. The highest BCUT2D eigenvalue weighted by atomic mass is 28.4. The third kappa shape index (κ3) is 6.14. The number of benzene rings is 1. The van der Waals surface area contributed by atoms with Crippen molar-refractivity contribution >= 4 is 20.2 Å². The van der Waals surface area contributed by atoms with Gasteiger partial charge >= 0.3 is 0 Å². The molecule has 1 aromatic carbocycles. The second-order valence-corrected chi connectivity index (χ2v) is 13.2. The highest BCUT2D eigenvalue weighted by Gasteiger charge is 2.36. The fourth-order valence-corrected chi connectivity index (χ4v) is 3.40. The summed E-state index contributed by atoms with van der Waals surface area (Å²) in [4.78, 5) is 21.0. The van der Waals surface area contributed by atoms with E-state index in [0.29, 0.717) is 24.8 Å². The summed E-state index contributed by atoms with van der Waals surface area (Å²) >= 11 is 0. The van der Waals surface area contributed by atoms with E-state index >= 15 is 0 Å². The van der Waals surface area contributed by atoms with Crippen LogP contribution in [0.3, 0.4) is 0 Å². The van der Waals surface area contributed by atoms with Gasteiger partial charge in [-0.3, -0.25) is 4.79 Å². The van der Waals surface area contributed by atoms with Crippen molar-refractivity contribution in [3.8, 4) is 0 Å². The van der Waals surface area contributed by atoms with E-state index in [1.165, 1.54) is 0 Å². The Hall–Kier alpha value is -2.25. The number of aromatic nitrogens is 2. The maximum Gasteiger partial charge on any atom is 0.270 e. The van der Waals surface area contributed by atoms with Gasteiger partial charge in [-0.05, 0) is 36.7 Å². The molecule has 1 amide bonds. The summed E-state index contributed by atoms with van der Waals surface area (Å²) in [5.74, 6) is 0.207. The lowest BCUT2D eigenvalue weighted by Crippen LogP contribution is -2.42. The predicted molar refractivity (Wildman–Crippen MR) is 116 cm³/mol. The SMILES string of the molecule is C[C@H](Nc1nccc(C(=O)NCCO[Si](C)(C)C(C)(C)C)n1)c1ccccc1. The van der Waals surface area contributed by atoms with E-state index in [1.54, 1.807) is 12.3 Å². The number of hydrogen-bond acceptors (Lipinski definition) is 5. The summed E-state index contributed by atoms with van der Waals surface area (Å²) in [6.07, 6.45) is 1.59. The molecule has 1 aromatic heterocycles. The van der Waals surface area contributed by atoms with Crippen molar-refractivity contribution in [1.82, 2.24) is 15.3 Å². The average molecular weight is 401 g/mol. The second-order valence-electron chi connectivity index (χ2n) is 8.41. The summed E-state index contributed by atoms with van der Waals surface area (Å²) in [5.41, 5.74) is 1.47. The van der Waals surface area contributed by atoms with E-state index in [0.717, 1.165) is 5.56 Å². The number of nitrogens with zero attached hydrogens (tertiary/aromatic N) is 2. The highest BCUT2D eigenvalue weighted by molar-refractivity contribution is 6.74. The van der Waals surface area contributed by atoms with Crippen molar-refractivity contribution in [1.29, 1.82) is 0 Å². The van der Waals surface area contributed by atoms with Gasteiger partial charge in [-0.15, -0.1) is 0 Å². The minimum absolute atomic E-state index is 0.0394. The van der Waals surface area contributed by atoms with E-state index in [-0.39, 0.29) is 17.0 Å². The van der Waals surface area contributed by atoms with E-state index in [4.69, 9.17) is 4.43 Å². The van der Waals surface area contributed by atoms with Crippen LogP contribution in [-0.2, 0) is 4.43 Å². The minimum Gasteiger partial charge on any atom is -0.415 e. The topological polar surface area (TPSA) is 76.1 Å². The second kappa shape index (κ2) is 9.30. The monoisotopic (exact) mass is 400 g/mol. The molecule has 0 fully saturated rings. The molecule has 7 heteroatoms. The molecule has 0 bridgehead atoms. The standard InChI is InChI=1S/C21H32N4O2Si/c1-16(17-10-8-7-9-11-17)24-20-23-13-12-18(25-20)19(26)22-14-15-27-28(5,6)21(2,3)4/h7-13,16H,14-15H2,1-6H3,(H,22,26)(H,23,24,25)/t16-/m0/s1. The average Bonchev–Trinajstić information content (AvgIpc) is 2.65.